The summed E-state index contributed by atoms with van der Waals surface area (Å²) in [7, 11) is -3.88. The van der Waals surface area contributed by atoms with Crippen molar-refractivity contribution < 1.29 is 26.9 Å². The fraction of sp³-hybridized carbons (Fsp3) is 0.316. The molecule has 0 unspecified atom stereocenters. The number of carbonyl (C=O) groups excluding carboxylic acids is 1. The number of quaternary nitrogens is 1. The molecule has 0 saturated carbocycles. The number of rotatable bonds is 6. The molecule has 3 rings (SSSR count). The highest BCUT2D eigenvalue weighted by Crippen LogP contribution is 2.18. The quantitative estimate of drug-likeness (QED) is 0.713. The van der Waals surface area contributed by atoms with Crippen LogP contribution in [0.1, 0.15) is 5.56 Å². The van der Waals surface area contributed by atoms with E-state index in [1.165, 1.54) is 34.6 Å². The van der Waals surface area contributed by atoms with E-state index in [1.54, 1.807) is 12.1 Å². The van der Waals surface area contributed by atoms with Crippen molar-refractivity contribution in [2.75, 3.05) is 32.7 Å². The number of carbonyl (C=O) groups is 1. The number of amides is 1. The zero-order valence-electron chi connectivity index (χ0n) is 15.2. The maximum Gasteiger partial charge on any atom is 0.275 e. The Morgan fingerprint density at radius 2 is 1.68 bits per heavy atom. The van der Waals surface area contributed by atoms with Crippen molar-refractivity contribution in [3.05, 3.63) is 65.7 Å². The number of benzene rings is 2. The molecular weight excluding hydrogens is 388 g/mol. The summed E-state index contributed by atoms with van der Waals surface area (Å²) in [5.41, 5.74) is 0.797. The molecule has 1 saturated heterocycles. The smallest absolute Gasteiger partial charge is 0.275 e. The predicted octanol–water partition coefficient (Wildman–Crippen LogP) is 0.170. The Kier molecular flexibility index (Phi) is 6.38. The maximum absolute atomic E-state index is 13.9. The van der Waals surface area contributed by atoms with Gasteiger partial charge in [-0.1, -0.05) is 24.3 Å². The average Bonchev–Trinajstić information content (AvgIpc) is 2.68. The molecule has 0 atom stereocenters. The molecule has 28 heavy (non-hydrogen) atoms. The lowest BCUT2D eigenvalue weighted by Gasteiger charge is -2.31. The van der Waals surface area contributed by atoms with Crippen LogP contribution in [0.2, 0.25) is 0 Å². The lowest BCUT2D eigenvalue weighted by Crippen LogP contribution is -3.15. The van der Waals surface area contributed by atoms with E-state index >= 15 is 0 Å². The van der Waals surface area contributed by atoms with Crippen molar-refractivity contribution in [1.29, 1.82) is 0 Å². The van der Waals surface area contributed by atoms with Crippen LogP contribution in [0.15, 0.2) is 53.4 Å². The monoisotopic (exact) mass is 410 g/mol. The first-order valence-corrected chi connectivity index (χ1v) is 10.4. The molecule has 1 heterocycles. The molecule has 0 aromatic heterocycles. The van der Waals surface area contributed by atoms with Crippen LogP contribution in [0, 0.1) is 11.6 Å². The number of sulfonamides is 1. The summed E-state index contributed by atoms with van der Waals surface area (Å²) in [5, 5.41) is 2.78. The van der Waals surface area contributed by atoms with E-state index in [-0.39, 0.29) is 36.3 Å². The summed E-state index contributed by atoms with van der Waals surface area (Å²) < 4.78 is 53.2. The molecule has 1 amide bonds. The zero-order valence-corrected chi connectivity index (χ0v) is 16.0. The summed E-state index contributed by atoms with van der Waals surface area (Å²) in [6.45, 7) is 1.87. The molecule has 1 fully saturated rings. The van der Waals surface area contributed by atoms with E-state index < -0.39 is 15.8 Å². The molecule has 1 aliphatic rings. The van der Waals surface area contributed by atoms with Gasteiger partial charge in [-0.05, 0) is 29.8 Å². The third-order valence-electron chi connectivity index (χ3n) is 4.70. The second-order valence-corrected chi connectivity index (χ2v) is 8.57. The summed E-state index contributed by atoms with van der Waals surface area (Å²) in [4.78, 5) is 12.7. The number of piperazine rings is 1. The first-order chi connectivity index (χ1) is 13.4. The topological polar surface area (TPSA) is 70.9 Å². The number of nitrogens with zero attached hydrogens (tertiary/aromatic N) is 1. The van der Waals surface area contributed by atoms with Crippen molar-refractivity contribution in [3.63, 3.8) is 0 Å². The Bertz CT molecular complexity index is 928. The van der Waals surface area contributed by atoms with Crippen LogP contribution in [-0.2, 0) is 21.4 Å². The predicted molar refractivity (Wildman–Crippen MR) is 99.0 cm³/mol. The van der Waals surface area contributed by atoms with Gasteiger partial charge in [0.25, 0.3) is 5.91 Å². The van der Waals surface area contributed by atoms with Crippen LogP contribution in [-0.4, -0.2) is 51.4 Å². The number of nitrogens with one attached hydrogen (secondary N) is 2. The second kappa shape index (κ2) is 8.76. The van der Waals surface area contributed by atoms with Gasteiger partial charge in [0.1, 0.15) is 16.5 Å². The minimum atomic E-state index is -3.88. The third-order valence-corrected chi connectivity index (χ3v) is 6.63. The summed E-state index contributed by atoms with van der Waals surface area (Å²) in [5.74, 6) is -1.26. The molecule has 0 bridgehead atoms. The fourth-order valence-electron chi connectivity index (χ4n) is 3.11. The first kappa shape index (κ1) is 20.4. The van der Waals surface area contributed by atoms with Crippen LogP contribution in [0.3, 0.4) is 0 Å². The summed E-state index contributed by atoms with van der Waals surface area (Å²) in [6, 6.07) is 11.2. The highest BCUT2D eigenvalue weighted by atomic mass is 32.2. The molecule has 6 nitrogen and oxygen atoms in total. The van der Waals surface area contributed by atoms with Gasteiger partial charge in [0.15, 0.2) is 6.54 Å². The van der Waals surface area contributed by atoms with Crippen molar-refractivity contribution in [3.8, 4) is 0 Å². The average molecular weight is 410 g/mol. The Labute approximate surface area is 162 Å². The molecule has 0 radical (unpaired) electrons. The standard InChI is InChI=1S/C19H21F2N3O3S/c20-16-7-5-15(6-8-16)13-22-19(25)14-23-9-11-24(12-10-23)28(26,27)18-4-2-1-3-17(18)21/h1-8H,9-14H2,(H,22,25)/p+1. The zero-order chi connectivity index (χ0) is 20.1. The third kappa shape index (κ3) is 4.92. The van der Waals surface area contributed by atoms with E-state index in [1.807, 2.05) is 0 Å². The normalized spacial score (nSPS) is 16.1. The molecule has 2 aromatic rings. The second-order valence-electron chi connectivity index (χ2n) is 6.66. The van der Waals surface area contributed by atoms with Crippen LogP contribution in [0.4, 0.5) is 8.78 Å². The molecule has 0 spiro atoms. The van der Waals surface area contributed by atoms with Gasteiger partial charge in [0.2, 0.25) is 10.0 Å². The lowest BCUT2D eigenvalue weighted by atomic mass is 10.2. The van der Waals surface area contributed by atoms with Crippen LogP contribution in [0.5, 0.6) is 0 Å². The SMILES string of the molecule is O=C(C[NH+]1CCN(S(=O)(=O)c2ccccc2F)CC1)NCc1ccc(F)cc1. The Morgan fingerprint density at radius 1 is 1.04 bits per heavy atom. The molecule has 150 valence electrons. The highest BCUT2D eigenvalue weighted by molar-refractivity contribution is 7.89. The van der Waals surface area contributed by atoms with E-state index in [2.05, 4.69) is 5.32 Å². The van der Waals surface area contributed by atoms with E-state index in [4.69, 9.17) is 0 Å². The lowest BCUT2D eigenvalue weighted by molar-refractivity contribution is -0.895. The Hall–Kier alpha value is -2.36. The Balaban J connectivity index is 1.49. The molecule has 2 N–H and O–H groups in total. The van der Waals surface area contributed by atoms with Crippen molar-refractivity contribution >= 4 is 15.9 Å². The summed E-state index contributed by atoms with van der Waals surface area (Å²) in [6.07, 6.45) is 0. The fourth-order valence-corrected chi connectivity index (χ4v) is 4.61. The first-order valence-electron chi connectivity index (χ1n) is 8.95. The van der Waals surface area contributed by atoms with E-state index in [0.717, 1.165) is 16.5 Å². The van der Waals surface area contributed by atoms with E-state index in [9.17, 15) is 22.0 Å². The number of halogens is 2. The molecule has 1 aliphatic heterocycles. The molecule has 9 heteroatoms. The van der Waals surface area contributed by atoms with Crippen molar-refractivity contribution in [2.24, 2.45) is 0 Å². The van der Waals surface area contributed by atoms with Gasteiger partial charge in [-0.25, -0.2) is 17.2 Å². The summed E-state index contributed by atoms with van der Waals surface area (Å²) >= 11 is 0. The number of hydrogen-bond acceptors (Lipinski definition) is 3. The van der Waals surface area contributed by atoms with Gasteiger partial charge in [-0.2, -0.15) is 4.31 Å². The minimum absolute atomic E-state index is 0.162. The van der Waals surface area contributed by atoms with Gasteiger partial charge in [0, 0.05) is 6.54 Å². The van der Waals surface area contributed by atoms with Crippen LogP contribution >= 0.6 is 0 Å². The van der Waals surface area contributed by atoms with Crippen molar-refractivity contribution in [1.82, 2.24) is 9.62 Å². The van der Waals surface area contributed by atoms with Gasteiger partial charge >= 0.3 is 0 Å². The molecular formula is C19H22F2N3O3S+. The van der Waals surface area contributed by atoms with Crippen LogP contribution in [0.25, 0.3) is 0 Å². The minimum Gasteiger partial charge on any atom is -0.347 e. The van der Waals surface area contributed by atoms with E-state index in [0.29, 0.717) is 19.6 Å². The van der Waals surface area contributed by atoms with Crippen LogP contribution < -0.4 is 10.2 Å². The van der Waals surface area contributed by atoms with Crippen molar-refractivity contribution in [2.45, 2.75) is 11.4 Å². The number of hydrogen-bond donors (Lipinski definition) is 2. The van der Waals surface area contributed by atoms with Gasteiger partial charge in [-0.15, -0.1) is 0 Å². The molecule has 0 aliphatic carbocycles. The largest absolute Gasteiger partial charge is 0.347 e. The van der Waals surface area contributed by atoms with Gasteiger partial charge in [-0.3, -0.25) is 4.79 Å². The molecule has 2 aromatic carbocycles. The van der Waals surface area contributed by atoms with Gasteiger partial charge < -0.3 is 10.2 Å². The maximum atomic E-state index is 13.9. The highest BCUT2D eigenvalue weighted by Gasteiger charge is 2.32. The van der Waals surface area contributed by atoms with Gasteiger partial charge in [0.05, 0.1) is 26.2 Å². The Morgan fingerprint density at radius 3 is 2.32 bits per heavy atom.